The van der Waals surface area contributed by atoms with Gasteiger partial charge in [0.15, 0.2) is 5.76 Å². The summed E-state index contributed by atoms with van der Waals surface area (Å²) < 4.78 is 11.0. The number of ether oxygens (including phenoxy) is 2. The number of halogens is 1. The van der Waals surface area contributed by atoms with E-state index in [1.54, 1.807) is 6.26 Å². The van der Waals surface area contributed by atoms with E-state index in [1.165, 1.54) is 5.56 Å². The van der Waals surface area contributed by atoms with E-state index in [-0.39, 0.29) is 36.6 Å². The van der Waals surface area contributed by atoms with Crippen LogP contribution in [0.15, 0.2) is 90.9 Å². The van der Waals surface area contributed by atoms with E-state index in [4.69, 9.17) is 21.1 Å². The number of rotatable bonds is 13. The van der Waals surface area contributed by atoms with E-state index in [9.17, 15) is 9.59 Å². The van der Waals surface area contributed by atoms with Gasteiger partial charge in [0.05, 0.1) is 6.04 Å². The van der Waals surface area contributed by atoms with Crippen molar-refractivity contribution in [1.29, 1.82) is 0 Å². The molecule has 1 unspecified atom stereocenters. The van der Waals surface area contributed by atoms with Gasteiger partial charge in [0, 0.05) is 55.1 Å². The molecular weight excluding hydrogens is 586 g/mol. The van der Waals surface area contributed by atoms with Gasteiger partial charge in [0.1, 0.15) is 6.26 Å². The van der Waals surface area contributed by atoms with Crippen molar-refractivity contribution in [3.63, 3.8) is 0 Å². The monoisotopic (exact) mass is 629 g/mol. The Hall–Kier alpha value is -3.81. The number of carbonyl (C=O) groups is 2. The van der Waals surface area contributed by atoms with Crippen molar-refractivity contribution in [3.8, 4) is 0 Å². The van der Waals surface area contributed by atoms with Crippen LogP contribution in [0.4, 0.5) is 0 Å². The minimum Gasteiger partial charge on any atom is -0.462 e. The molecule has 3 aromatic carbocycles. The highest BCUT2D eigenvalue weighted by atomic mass is 35.5. The smallest absolute Gasteiger partial charge is 0.251 e. The number of benzene rings is 3. The van der Waals surface area contributed by atoms with Crippen molar-refractivity contribution >= 4 is 23.4 Å². The van der Waals surface area contributed by atoms with Crippen LogP contribution in [0, 0.1) is 5.92 Å². The van der Waals surface area contributed by atoms with Crippen LogP contribution in [-0.4, -0.2) is 53.6 Å². The molecule has 1 fully saturated rings. The predicted octanol–water partition coefficient (Wildman–Crippen LogP) is 6.96. The highest BCUT2D eigenvalue weighted by Gasteiger charge is 2.31. The average molecular weight is 630 g/mol. The maximum atomic E-state index is 13.9. The predicted molar refractivity (Wildman–Crippen MR) is 177 cm³/mol. The Bertz CT molecular complexity index is 1430. The summed E-state index contributed by atoms with van der Waals surface area (Å²) in [6.07, 6.45) is 5.61. The van der Waals surface area contributed by atoms with Gasteiger partial charge in [-0.25, -0.2) is 0 Å². The SMILES string of the molecule is CCC(CC)C(=O)N(Cc1cccc(C(=O)NC(Cc2ccccc2)C2=COCO2)c1)C1CCN(Cc2ccc(Cl)cc2)CC1. The fraction of sp³-hybridized carbons (Fsp3) is 0.405. The van der Waals surface area contributed by atoms with E-state index in [1.807, 2.05) is 66.7 Å². The normalized spacial score (nSPS) is 16.0. The minimum atomic E-state index is -0.364. The molecule has 1 N–H and O–H groups in total. The van der Waals surface area contributed by atoms with Crippen LogP contribution in [0.5, 0.6) is 0 Å². The number of likely N-dealkylation sites (tertiary alicyclic amines) is 1. The molecule has 7 nitrogen and oxygen atoms in total. The number of amides is 2. The summed E-state index contributed by atoms with van der Waals surface area (Å²) in [6.45, 7) is 7.52. The summed E-state index contributed by atoms with van der Waals surface area (Å²) in [5.41, 5.74) is 3.83. The van der Waals surface area contributed by atoms with Crippen LogP contribution < -0.4 is 5.32 Å². The molecule has 45 heavy (non-hydrogen) atoms. The number of nitrogens with one attached hydrogen (secondary N) is 1. The molecule has 2 aliphatic rings. The molecule has 2 aliphatic heterocycles. The number of nitrogens with zero attached hydrogens (tertiary/aromatic N) is 2. The molecule has 0 radical (unpaired) electrons. The van der Waals surface area contributed by atoms with Gasteiger partial charge in [0.2, 0.25) is 12.7 Å². The minimum absolute atomic E-state index is 0.00997. The Morgan fingerprint density at radius 3 is 2.31 bits per heavy atom. The second-order valence-electron chi connectivity index (χ2n) is 12.0. The molecule has 0 saturated carbocycles. The summed E-state index contributed by atoms with van der Waals surface area (Å²) in [5, 5.41) is 3.90. The van der Waals surface area contributed by atoms with Gasteiger partial charge in [-0.2, -0.15) is 0 Å². The first-order chi connectivity index (χ1) is 21.9. The molecule has 0 spiro atoms. The van der Waals surface area contributed by atoms with E-state index in [2.05, 4.69) is 41.1 Å². The number of piperidine rings is 1. The molecule has 1 saturated heterocycles. The third kappa shape index (κ3) is 8.89. The molecule has 2 heterocycles. The number of hydrogen-bond donors (Lipinski definition) is 1. The van der Waals surface area contributed by atoms with Crippen LogP contribution in [0.25, 0.3) is 0 Å². The standard InChI is InChI=1S/C37H44ClN3O4/c1-3-30(4-2)37(43)41(33-17-19-40(20-18-33)23-28-13-15-32(38)16-14-28)24-29-11-8-12-31(21-29)36(42)39-34(35-25-44-26-45-35)22-27-9-6-5-7-10-27/h5-16,21,25,30,33-34H,3-4,17-20,22-24,26H2,1-2H3,(H,39,42). The van der Waals surface area contributed by atoms with Crippen LogP contribution in [0.1, 0.15) is 66.6 Å². The van der Waals surface area contributed by atoms with Gasteiger partial charge < -0.3 is 19.7 Å². The maximum Gasteiger partial charge on any atom is 0.251 e. The largest absolute Gasteiger partial charge is 0.462 e. The first kappa shape index (κ1) is 32.6. The van der Waals surface area contributed by atoms with Crippen molar-refractivity contribution in [1.82, 2.24) is 15.1 Å². The second-order valence-corrected chi connectivity index (χ2v) is 12.4. The lowest BCUT2D eigenvalue weighted by atomic mass is 9.96. The quantitative estimate of drug-likeness (QED) is 0.221. The topological polar surface area (TPSA) is 71.1 Å². The van der Waals surface area contributed by atoms with Gasteiger partial charge in [-0.1, -0.05) is 80.0 Å². The van der Waals surface area contributed by atoms with Crippen molar-refractivity contribution < 1.29 is 19.1 Å². The lowest BCUT2D eigenvalue weighted by Gasteiger charge is -2.40. The molecular formula is C37H44ClN3O4. The molecule has 0 aliphatic carbocycles. The summed E-state index contributed by atoms with van der Waals surface area (Å²) in [7, 11) is 0. The van der Waals surface area contributed by atoms with Crippen molar-refractivity contribution in [2.24, 2.45) is 5.92 Å². The summed E-state index contributed by atoms with van der Waals surface area (Å²) in [4.78, 5) is 32.0. The van der Waals surface area contributed by atoms with Gasteiger partial charge in [-0.3, -0.25) is 14.5 Å². The van der Waals surface area contributed by atoms with Gasteiger partial charge >= 0.3 is 0 Å². The molecule has 3 aromatic rings. The zero-order valence-corrected chi connectivity index (χ0v) is 27.0. The highest BCUT2D eigenvalue weighted by Crippen LogP contribution is 2.25. The molecule has 8 heteroatoms. The molecule has 238 valence electrons. The molecule has 0 bridgehead atoms. The first-order valence-corrected chi connectivity index (χ1v) is 16.5. The fourth-order valence-electron chi connectivity index (χ4n) is 6.25. The van der Waals surface area contributed by atoms with Crippen LogP contribution >= 0.6 is 11.6 Å². The van der Waals surface area contributed by atoms with E-state index >= 15 is 0 Å². The van der Waals surface area contributed by atoms with E-state index < -0.39 is 0 Å². The zero-order valence-electron chi connectivity index (χ0n) is 26.3. The molecule has 2 amide bonds. The molecule has 5 rings (SSSR count). The molecule has 1 atom stereocenters. The Kier molecular flexibility index (Phi) is 11.6. The average Bonchev–Trinajstić information content (AvgIpc) is 3.61. The summed E-state index contributed by atoms with van der Waals surface area (Å²) >= 11 is 6.07. The lowest BCUT2D eigenvalue weighted by molar-refractivity contribution is -0.140. The van der Waals surface area contributed by atoms with Gasteiger partial charge in [0.25, 0.3) is 5.91 Å². The van der Waals surface area contributed by atoms with Crippen molar-refractivity contribution in [2.75, 3.05) is 19.9 Å². The first-order valence-electron chi connectivity index (χ1n) is 16.1. The van der Waals surface area contributed by atoms with Gasteiger partial charge in [-0.15, -0.1) is 0 Å². The van der Waals surface area contributed by atoms with Crippen LogP contribution in [0.3, 0.4) is 0 Å². The maximum absolute atomic E-state index is 13.9. The van der Waals surface area contributed by atoms with E-state index in [0.29, 0.717) is 24.3 Å². The third-order valence-electron chi connectivity index (χ3n) is 8.90. The van der Waals surface area contributed by atoms with Crippen LogP contribution in [-0.2, 0) is 33.8 Å². The highest BCUT2D eigenvalue weighted by molar-refractivity contribution is 6.30. The van der Waals surface area contributed by atoms with Crippen molar-refractivity contribution in [3.05, 3.63) is 118 Å². The van der Waals surface area contributed by atoms with E-state index in [0.717, 1.165) is 61.5 Å². The second kappa shape index (κ2) is 16.0. The Balaban J connectivity index is 1.28. The van der Waals surface area contributed by atoms with Gasteiger partial charge in [-0.05, 0) is 66.6 Å². The lowest BCUT2D eigenvalue weighted by Crippen LogP contribution is -2.48. The number of carbonyl (C=O) groups excluding carboxylic acids is 2. The Labute approximate surface area is 272 Å². The summed E-state index contributed by atoms with van der Waals surface area (Å²) in [6, 6.07) is 25.5. The summed E-state index contributed by atoms with van der Waals surface area (Å²) in [5.74, 6) is 0.610. The third-order valence-corrected chi connectivity index (χ3v) is 9.15. The zero-order chi connectivity index (χ0) is 31.6. The Morgan fingerprint density at radius 2 is 1.64 bits per heavy atom. The van der Waals surface area contributed by atoms with Crippen LogP contribution in [0.2, 0.25) is 5.02 Å². The Morgan fingerprint density at radius 1 is 0.933 bits per heavy atom. The molecule has 0 aromatic heterocycles. The number of hydrogen-bond acceptors (Lipinski definition) is 5. The van der Waals surface area contributed by atoms with Crippen molar-refractivity contribution in [2.45, 2.75) is 71.1 Å². The fourth-order valence-corrected chi connectivity index (χ4v) is 6.38.